The van der Waals surface area contributed by atoms with E-state index in [1.807, 2.05) is 0 Å². The lowest BCUT2D eigenvalue weighted by atomic mass is 10.0. The van der Waals surface area contributed by atoms with Gasteiger partial charge in [0.25, 0.3) is 0 Å². The van der Waals surface area contributed by atoms with E-state index >= 15 is 0 Å². The quantitative estimate of drug-likeness (QED) is 0.795. The summed E-state index contributed by atoms with van der Waals surface area (Å²) in [5, 5.41) is 15.9. The number of urea groups is 1. The zero-order valence-electron chi connectivity index (χ0n) is 11.3. The van der Waals surface area contributed by atoms with Crippen LogP contribution in [0.25, 0.3) is 0 Å². The number of carbonyl (C=O) groups is 1. The summed E-state index contributed by atoms with van der Waals surface area (Å²) >= 11 is 1.60. The summed E-state index contributed by atoms with van der Waals surface area (Å²) in [5.74, 6) is 1.60. The molecule has 5 nitrogen and oxygen atoms in total. The number of rotatable bonds is 3. The number of hydrogen-bond acceptors (Lipinski definition) is 4. The summed E-state index contributed by atoms with van der Waals surface area (Å²) in [6, 6.07) is 0.0793. The fourth-order valence-corrected chi connectivity index (χ4v) is 4.88. The fourth-order valence-electron chi connectivity index (χ4n) is 3.84. The van der Waals surface area contributed by atoms with Crippen LogP contribution in [-0.2, 0) is 12.8 Å². The maximum absolute atomic E-state index is 12.0. The molecule has 20 heavy (non-hydrogen) atoms. The van der Waals surface area contributed by atoms with Gasteiger partial charge in [0.1, 0.15) is 0 Å². The predicted octanol–water partition coefficient (Wildman–Crippen LogP) is 1.77. The molecule has 6 heteroatoms. The van der Waals surface area contributed by atoms with Crippen molar-refractivity contribution in [3.05, 3.63) is 10.6 Å². The van der Waals surface area contributed by atoms with E-state index in [2.05, 4.69) is 15.6 Å². The Morgan fingerprint density at radius 1 is 1.35 bits per heavy atom. The third kappa shape index (κ3) is 2.11. The Hall–Kier alpha value is -1.14. The number of fused-ring (bicyclic) bond motifs is 2. The van der Waals surface area contributed by atoms with E-state index in [0.29, 0.717) is 17.8 Å². The molecule has 0 unspecified atom stereocenters. The van der Waals surface area contributed by atoms with Crippen molar-refractivity contribution in [2.24, 2.45) is 17.8 Å². The molecule has 3 aliphatic rings. The van der Waals surface area contributed by atoms with E-state index in [1.165, 1.54) is 11.3 Å². The molecular formula is C14H19N3O2S. The van der Waals surface area contributed by atoms with Crippen molar-refractivity contribution in [3.8, 4) is 0 Å². The minimum absolute atomic E-state index is 0.147. The van der Waals surface area contributed by atoms with E-state index in [-0.39, 0.29) is 18.7 Å². The second-order valence-corrected chi connectivity index (χ2v) is 7.27. The molecule has 0 aromatic carbocycles. The van der Waals surface area contributed by atoms with Crippen LogP contribution in [-0.4, -0.2) is 28.8 Å². The molecule has 4 atom stereocenters. The summed E-state index contributed by atoms with van der Waals surface area (Å²) in [4.78, 5) is 17.8. The molecule has 3 N–H and O–H groups in total. The highest BCUT2D eigenvalue weighted by molar-refractivity contribution is 7.15. The first-order valence-electron chi connectivity index (χ1n) is 7.41. The van der Waals surface area contributed by atoms with Crippen LogP contribution in [0.1, 0.15) is 29.8 Å². The van der Waals surface area contributed by atoms with Crippen LogP contribution in [0.3, 0.4) is 0 Å². The minimum Gasteiger partial charge on any atom is -0.396 e. The molecule has 0 radical (unpaired) electrons. The molecule has 1 aromatic heterocycles. The second-order valence-electron chi connectivity index (χ2n) is 6.19. The molecule has 3 aliphatic carbocycles. The van der Waals surface area contributed by atoms with Gasteiger partial charge in [-0.1, -0.05) is 0 Å². The average Bonchev–Trinajstić information content (AvgIpc) is 2.75. The number of thiazole rings is 1. The van der Waals surface area contributed by atoms with Crippen molar-refractivity contribution in [2.75, 3.05) is 11.9 Å². The summed E-state index contributed by atoms with van der Waals surface area (Å²) < 4.78 is 0. The Kier molecular flexibility index (Phi) is 2.96. The van der Waals surface area contributed by atoms with Crippen molar-refractivity contribution >= 4 is 22.5 Å². The van der Waals surface area contributed by atoms with Crippen LogP contribution in [0.4, 0.5) is 9.93 Å². The highest BCUT2D eigenvalue weighted by Gasteiger charge is 2.54. The summed E-state index contributed by atoms with van der Waals surface area (Å²) in [7, 11) is 0. The van der Waals surface area contributed by atoms with Crippen LogP contribution in [0.15, 0.2) is 0 Å². The van der Waals surface area contributed by atoms with Gasteiger partial charge >= 0.3 is 6.03 Å². The van der Waals surface area contributed by atoms with Crippen molar-refractivity contribution < 1.29 is 9.90 Å². The van der Waals surface area contributed by atoms with Gasteiger partial charge in [0.15, 0.2) is 5.13 Å². The van der Waals surface area contributed by atoms with Crippen LogP contribution in [0.5, 0.6) is 0 Å². The lowest BCUT2D eigenvalue weighted by Crippen LogP contribution is -2.38. The van der Waals surface area contributed by atoms with Gasteiger partial charge in [0.05, 0.1) is 5.69 Å². The van der Waals surface area contributed by atoms with Gasteiger partial charge in [-0.2, -0.15) is 0 Å². The normalized spacial score (nSPS) is 33.6. The van der Waals surface area contributed by atoms with Crippen LogP contribution < -0.4 is 10.6 Å². The van der Waals surface area contributed by atoms with E-state index in [4.69, 9.17) is 0 Å². The van der Waals surface area contributed by atoms with Gasteiger partial charge in [-0.05, 0) is 49.9 Å². The first-order chi connectivity index (χ1) is 9.74. The standard InChI is InChI=1S/C14H19N3O2S/c18-6-7-4-11(9-5-8(7)9)15-13(19)17-14-16-10-2-1-3-12(10)20-14/h7-9,11,18H,1-6H2,(H2,15,16,17,19)/t7-,8-,9-,11-/m0/s1. The zero-order chi connectivity index (χ0) is 13.7. The van der Waals surface area contributed by atoms with Gasteiger partial charge in [0.2, 0.25) is 0 Å². The molecule has 2 amide bonds. The first-order valence-corrected chi connectivity index (χ1v) is 8.23. The van der Waals surface area contributed by atoms with Crippen LogP contribution in [0, 0.1) is 17.8 Å². The second kappa shape index (κ2) is 4.70. The number of carbonyl (C=O) groups excluding carboxylic acids is 1. The molecule has 1 heterocycles. The maximum atomic E-state index is 12.0. The van der Waals surface area contributed by atoms with Gasteiger partial charge in [-0.15, -0.1) is 11.3 Å². The van der Waals surface area contributed by atoms with Crippen molar-refractivity contribution in [1.29, 1.82) is 0 Å². The molecule has 1 aromatic rings. The summed E-state index contributed by atoms with van der Waals surface area (Å²) in [6.07, 6.45) is 5.39. The average molecular weight is 293 g/mol. The lowest BCUT2D eigenvalue weighted by Gasteiger charge is -2.16. The summed E-state index contributed by atoms with van der Waals surface area (Å²) in [6.45, 7) is 0.250. The van der Waals surface area contributed by atoms with E-state index in [0.717, 1.165) is 36.5 Å². The molecule has 2 fully saturated rings. The number of amides is 2. The van der Waals surface area contributed by atoms with Gasteiger partial charge in [-0.25, -0.2) is 9.78 Å². The number of nitrogens with one attached hydrogen (secondary N) is 2. The highest BCUT2D eigenvalue weighted by atomic mass is 32.1. The first kappa shape index (κ1) is 12.6. The predicted molar refractivity (Wildman–Crippen MR) is 76.9 cm³/mol. The Morgan fingerprint density at radius 3 is 3.00 bits per heavy atom. The maximum Gasteiger partial charge on any atom is 0.321 e. The van der Waals surface area contributed by atoms with Crippen molar-refractivity contribution in [1.82, 2.24) is 10.3 Å². The Balaban J connectivity index is 1.34. The number of aliphatic hydroxyl groups is 1. The van der Waals surface area contributed by atoms with E-state index in [1.54, 1.807) is 11.3 Å². The summed E-state index contributed by atoms with van der Waals surface area (Å²) in [5.41, 5.74) is 1.16. The molecule has 108 valence electrons. The SMILES string of the molecule is O=C(Nc1nc2c(s1)CCC2)N[C@H]1C[C@@H](CO)[C@@H]2C[C@@H]21. The van der Waals surface area contributed by atoms with E-state index in [9.17, 15) is 9.90 Å². The number of nitrogens with zero attached hydrogens (tertiary/aromatic N) is 1. The zero-order valence-corrected chi connectivity index (χ0v) is 12.1. The minimum atomic E-state index is -0.147. The third-order valence-electron chi connectivity index (χ3n) is 4.94. The number of aromatic nitrogens is 1. The fraction of sp³-hybridized carbons (Fsp3) is 0.714. The molecule has 0 saturated heterocycles. The smallest absolute Gasteiger partial charge is 0.321 e. The van der Waals surface area contributed by atoms with Gasteiger partial charge < -0.3 is 10.4 Å². The molecule has 2 saturated carbocycles. The lowest BCUT2D eigenvalue weighted by molar-refractivity contribution is 0.209. The topological polar surface area (TPSA) is 74.2 Å². The molecular weight excluding hydrogens is 274 g/mol. The highest BCUT2D eigenvalue weighted by Crippen LogP contribution is 2.55. The molecule has 4 rings (SSSR count). The number of anilines is 1. The van der Waals surface area contributed by atoms with Gasteiger partial charge in [-0.3, -0.25) is 5.32 Å². The Labute approximate surface area is 121 Å². The van der Waals surface area contributed by atoms with Crippen LogP contribution >= 0.6 is 11.3 Å². The van der Waals surface area contributed by atoms with Gasteiger partial charge in [0, 0.05) is 17.5 Å². The van der Waals surface area contributed by atoms with Crippen molar-refractivity contribution in [3.63, 3.8) is 0 Å². The molecule has 0 aliphatic heterocycles. The Morgan fingerprint density at radius 2 is 2.25 bits per heavy atom. The molecule has 0 spiro atoms. The third-order valence-corrected chi connectivity index (χ3v) is 6.01. The number of aliphatic hydroxyl groups excluding tert-OH is 1. The number of hydrogen-bond donors (Lipinski definition) is 3. The molecule has 0 bridgehead atoms. The largest absolute Gasteiger partial charge is 0.396 e. The monoisotopic (exact) mass is 293 g/mol. The van der Waals surface area contributed by atoms with Crippen molar-refractivity contribution in [2.45, 2.75) is 38.1 Å². The van der Waals surface area contributed by atoms with Crippen LogP contribution in [0.2, 0.25) is 0 Å². The Bertz CT molecular complexity index is 523. The number of aryl methyl sites for hydroxylation is 2. The van der Waals surface area contributed by atoms with E-state index < -0.39 is 0 Å².